The van der Waals surface area contributed by atoms with E-state index in [2.05, 4.69) is 28.9 Å². The van der Waals surface area contributed by atoms with E-state index >= 15 is 0 Å². The molecule has 1 heterocycles. The number of hydrogen-bond acceptors (Lipinski definition) is 5. The van der Waals surface area contributed by atoms with Gasteiger partial charge in [0, 0.05) is 13.0 Å². The van der Waals surface area contributed by atoms with Crippen molar-refractivity contribution in [1.82, 2.24) is 15.0 Å². The van der Waals surface area contributed by atoms with Crippen LogP contribution in [-0.2, 0) is 6.42 Å². The molecule has 5 nitrogen and oxygen atoms in total. The third-order valence-electron chi connectivity index (χ3n) is 3.37. The molecule has 0 amide bonds. The molecule has 0 aliphatic heterocycles. The smallest absolute Gasteiger partial charge is 0.261 e. The first-order valence-corrected chi connectivity index (χ1v) is 7.61. The maximum Gasteiger partial charge on any atom is 0.261 e. The van der Waals surface area contributed by atoms with Gasteiger partial charge in [-0.2, -0.15) is 4.98 Å². The predicted octanol–water partition coefficient (Wildman–Crippen LogP) is 3.51. The molecule has 0 fully saturated rings. The lowest BCUT2D eigenvalue weighted by molar-refractivity contribution is 0.303. The summed E-state index contributed by atoms with van der Waals surface area (Å²) in [6.45, 7) is 7.11. The van der Waals surface area contributed by atoms with Crippen LogP contribution < -0.4 is 5.73 Å². The van der Waals surface area contributed by atoms with Crippen molar-refractivity contribution in [3.8, 4) is 11.5 Å². The molecule has 0 aliphatic rings. The maximum atomic E-state index is 6.14. The van der Waals surface area contributed by atoms with E-state index in [1.807, 2.05) is 0 Å². The minimum absolute atomic E-state index is 0.301. The largest absolute Gasteiger partial charge is 0.397 e. The lowest BCUT2D eigenvalue weighted by Gasteiger charge is -2.16. The van der Waals surface area contributed by atoms with Crippen molar-refractivity contribution in [1.29, 1.82) is 0 Å². The van der Waals surface area contributed by atoms with Gasteiger partial charge in [-0.3, -0.25) is 0 Å². The fourth-order valence-electron chi connectivity index (χ4n) is 2.04. The zero-order chi connectivity index (χ0) is 15.4. The molecule has 0 atom stereocenters. The Balaban J connectivity index is 2.19. The van der Waals surface area contributed by atoms with E-state index in [4.69, 9.17) is 33.5 Å². The fraction of sp³-hybridized carbons (Fsp3) is 0.429. The molecule has 0 unspecified atom stereocenters. The number of anilines is 1. The summed E-state index contributed by atoms with van der Waals surface area (Å²) in [6.07, 6.45) is 0.712. The molecule has 0 aliphatic carbocycles. The predicted molar refractivity (Wildman–Crippen MR) is 85.7 cm³/mol. The van der Waals surface area contributed by atoms with Gasteiger partial charge in [-0.15, -0.1) is 0 Å². The minimum Gasteiger partial charge on any atom is -0.397 e. The maximum absolute atomic E-state index is 6.14. The monoisotopic (exact) mass is 328 g/mol. The van der Waals surface area contributed by atoms with Crippen molar-refractivity contribution in [2.24, 2.45) is 0 Å². The lowest BCUT2D eigenvalue weighted by Crippen LogP contribution is -2.25. The quantitative estimate of drug-likeness (QED) is 0.822. The summed E-state index contributed by atoms with van der Waals surface area (Å²) in [4.78, 5) is 6.64. The Morgan fingerprint density at radius 2 is 1.86 bits per heavy atom. The molecule has 2 N–H and O–H groups in total. The number of benzene rings is 1. The Hall–Kier alpha value is -1.30. The van der Waals surface area contributed by atoms with Crippen LogP contribution in [-0.4, -0.2) is 34.7 Å². The number of nitrogens with two attached hydrogens (primary N) is 1. The number of nitrogen functional groups attached to an aromatic ring is 1. The van der Waals surface area contributed by atoms with Gasteiger partial charge in [0.2, 0.25) is 0 Å². The Labute approximate surface area is 134 Å². The summed E-state index contributed by atoms with van der Waals surface area (Å²) in [5.41, 5.74) is 6.78. The number of aromatic nitrogens is 2. The van der Waals surface area contributed by atoms with E-state index in [0.29, 0.717) is 39.4 Å². The molecule has 1 aromatic heterocycles. The van der Waals surface area contributed by atoms with Crippen molar-refractivity contribution in [2.45, 2.75) is 20.3 Å². The summed E-state index contributed by atoms with van der Waals surface area (Å²) in [7, 11) is 0. The average Bonchev–Trinajstić information content (AvgIpc) is 2.93. The van der Waals surface area contributed by atoms with Crippen molar-refractivity contribution >= 4 is 28.9 Å². The molecule has 0 saturated carbocycles. The Bertz CT molecular complexity index is 611. The third kappa shape index (κ3) is 3.67. The summed E-state index contributed by atoms with van der Waals surface area (Å²) >= 11 is 12.1. The van der Waals surface area contributed by atoms with Crippen molar-refractivity contribution in [3.05, 3.63) is 28.0 Å². The third-order valence-corrected chi connectivity index (χ3v) is 4.01. The molecule has 0 bridgehead atoms. The highest BCUT2D eigenvalue weighted by molar-refractivity contribution is 6.37. The van der Waals surface area contributed by atoms with Gasteiger partial charge in [-0.25, -0.2) is 0 Å². The van der Waals surface area contributed by atoms with Gasteiger partial charge in [0.1, 0.15) is 0 Å². The SMILES string of the molecule is CCN(CC)CCc1noc(-c2c(Cl)ccc(Cl)c2N)n1. The van der Waals surface area contributed by atoms with Crippen LogP contribution in [0.5, 0.6) is 0 Å². The van der Waals surface area contributed by atoms with Gasteiger partial charge in [0.25, 0.3) is 5.89 Å². The van der Waals surface area contributed by atoms with Crippen LogP contribution in [0.15, 0.2) is 16.7 Å². The van der Waals surface area contributed by atoms with Crippen molar-refractivity contribution in [3.63, 3.8) is 0 Å². The highest BCUT2D eigenvalue weighted by Crippen LogP contribution is 2.36. The normalized spacial score (nSPS) is 11.3. The standard InChI is InChI=1S/C14H18Cl2N4O/c1-3-20(4-2)8-7-11-18-14(21-19-11)12-9(15)5-6-10(16)13(12)17/h5-6H,3-4,7-8,17H2,1-2H3. The molecule has 0 radical (unpaired) electrons. The van der Waals surface area contributed by atoms with Crippen LogP contribution >= 0.6 is 23.2 Å². The van der Waals surface area contributed by atoms with E-state index < -0.39 is 0 Å². The summed E-state index contributed by atoms with van der Waals surface area (Å²) in [5, 5.41) is 4.83. The van der Waals surface area contributed by atoms with Gasteiger partial charge < -0.3 is 15.2 Å². The number of rotatable bonds is 6. The number of nitrogens with zero attached hydrogens (tertiary/aromatic N) is 3. The molecule has 21 heavy (non-hydrogen) atoms. The van der Waals surface area contributed by atoms with Gasteiger partial charge >= 0.3 is 0 Å². The van der Waals surface area contributed by atoms with Crippen LogP contribution in [0.1, 0.15) is 19.7 Å². The first kappa shape index (κ1) is 16.1. The fourth-order valence-corrected chi connectivity index (χ4v) is 2.44. The molecule has 114 valence electrons. The van der Waals surface area contributed by atoms with Gasteiger partial charge in [0.15, 0.2) is 5.82 Å². The number of hydrogen-bond donors (Lipinski definition) is 1. The van der Waals surface area contributed by atoms with E-state index in [9.17, 15) is 0 Å². The van der Waals surface area contributed by atoms with E-state index in [1.54, 1.807) is 12.1 Å². The first-order valence-electron chi connectivity index (χ1n) is 6.85. The topological polar surface area (TPSA) is 68.2 Å². The molecule has 0 saturated heterocycles. The molecule has 2 rings (SSSR count). The highest BCUT2D eigenvalue weighted by atomic mass is 35.5. The van der Waals surface area contributed by atoms with E-state index in [0.717, 1.165) is 19.6 Å². The molecular formula is C14H18Cl2N4O. The summed E-state index contributed by atoms with van der Waals surface area (Å²) in [6, 6.07) is 3.30. The van der Waals surface area contributed by atoms with Gasteiger partial charge in [-0.05, 0) is 25.2 Å². The van der Waals surface area contributed by atoms with Crippen molar-refractivity contribution < 1.29 is 4.52 Å². The first-order chi connectivity index (χ1) is 10.1. The molecular weight excluding hydrogens is 311 g/mol. The molecule has 0 spiro atoms. The van der Waals surface area contributed by atoms with Gasteiger partial charge in [-0.1, -0.05) is 42.2 Å². The van der Waals surface area contributed by atoms with Crippen LogP contribution in [0.3, 0.4) is 0 Å². The Morgan fingerprint density at radius 1 is 1.19 bits per heavy atom. The zero-order valence-corrected chi connectivity index (χ0v) is 13.6. The Morgan fingerprint density at radius 3 is 2.52 bits per heavy atom. The van der Waals surface area contributed by atoms with Crippen LogP contribution in [0.4, 0.5) is 5.69 Å². The number of halogens is 2. The molecule has 7 heteroatoms. The minimum atomic E-state index is 0.301. The van der Waals surface area contributed by atoms with Gasteiger partial charge in [0.05, 0.1) is 21.3 Å². The van der Waals surface area contributed by atoms with Crippen LogP contribution in [0.2, 0.25) is 10.0 Å². The average molecular weight is 329 g/mol. The molecule has 1 aromatic carbocycles. The molecule has 2 aromatic rings. The Kier molecular flexibility index (Phi) is 5.45. The van der Waals surface area contributed by atoms with Crippen molar-refractivity contribution in [2.75, 3.05) is 25.4 Å². The van der Waals surface area contributed by atoms with Crippen LogP contribution in [0.25, 0.3) is 11.5 Å². The highest BCUT2D eigenvalue weighted by Gasteiger charge is 2.17. The van der Waals surface area contributed by atoms with E-state index in [-0.39, 0.29) is 0 Å². The van der Waals surface area contributed by atoms with Crippen LogP contribution in [0, 0.1) is 0 Å². The second kappa shape index (κ2) is 7.11. The lowest BCUT2D eigenvalue weighted by atomic mass is 10.2. The second-order valence-corrected chi connectivity index (χ2v) is 5.42. The second-order valence-electron chi connectivity index (χ2n) is 4.61. The van der Waals surface area contributed by atoms with E-state index in [1.165, 1.54) is 0 Å². The number of likely N-dealkylation sites (N-methyl/N-ethyl adjacent to an activating group) is 1. The summed E-state index contributed by atoms with van der Waals surface area (Å²) in [5.74, 6) is 0.932. The zero-order valence-electron chi connectivity index (χ0n) is 12.1. The summed E-state index contributed by atoms with van der Waals surface area (Å²) < 4.78 is 5.26.